The number of nitrogens with one attached hydrogen (secondary N) is 1. The van der Waals surface area contributed by atoms with Crippen molar-refractivity contribution in [3.8, 4) is 0 Å². The van der Waals surface area contributed by atoms with Crippen LogP contribution in [-0.4, -0.2) is 8.42 Å². The molecule has 0 atom stereocenters. The van der Waals surface area contributed by atoms with Crippen LogP contribution in [-0.2, 0) is 23.0 Å². The number of rotatable bonds is 6. The number of hydrogen-bond donors (Lipinski definition) is 2. The van der Waals surface area contributed by atoms with Gasteiger partial charge in [-0.3, -0.25) is 0 Å². The fraction of sp³-hybridized carbons (Fsp3) is 0.250. The second kappa shape index (κ2) is 6.74. The lowest BCUT2D eigenvalue weighted by molar-refractivity contribution is 0.598. The molecule has 0 aromatic heterocycles. The van der Waals surface area contributed by atoms with E-state index in [1.807, 2.05) is 6.07 Å². The first-order valence-corrected chi connectivity index (χ1v) is 8.48. The molecule has 112 valence electrons. The molecule has 0 aliphatic carbocycles. The normalized spacial score (nSPS) is 11.3. The van der Waals surface area contributed by atoms with Crippen LogP contribution in [0.3, 0.4) is 0 Å². The number of benzene rings is 2. The average molecular weight is 304 g/mol. The molecule has 21 heavy (non-hydrogen) atoms. The minimum absolute atomic E-state index is 0.116. The quantitative estimate of drug-likeness (QED) is 0.862. The van der Waals surface area contributed by atoms with Gasteiger partial charge in [0.2, 0.25) is 10.0 Å². The van der Waals surface area contributed by atoms with Gasteiger partial charge in [-0.1, -0.05) is 43.7 Å². The number of nitrogens with two attached hydrogens (primary N) is 1. The fourth-order valence-corrected chi connectivity index (χ4v) is 2.66. The summed E-state index contributed by atoms with van der Waals surface area (Å²) >= 11 is 0. The second-order valence-corrected chi connectivity index (χ2v) is 6.55. The summed E-state index contributed by atoms with van der Waals surface area (Å²) in [7, 11) is -3.66. The number of hydrogen-bond acceptors (Lipinski definition) is 3. The predicted molar refractivity (Wildman–Crippen MR) is 85.6 cm³/mol. The second-order valence-electron chi connectivity index (χ2n) is 4.99. The van der Waals surface area contributed by atoms with Gasteiger partial charge in [0, 0.05) is 12.2 Å². The highest BCUT2D eigenvalue weighted by Gasteiger charge is 2.07. The highest BCUT2D eigenvalue weighted by molar-refractivity contribution is 7.89. The molecule has 0 heterocycles. The fourth-order valence-electron chi connectivity index (χ4n) is 2.10. The van der Waals surface area contributed by atoms with E-state index in [4.69, 9.17) is 5.14 Å². The van der Waals surface area contributed by atoms with E-state index in [2.05, 4.69) is 36.5 Å². The Morgan fingerprint density at radius 3 is 2.33 bits per heavy atom. The van der Waals surface area contributed by atoms with E-state index >= 15 is 0 Å². The van der Waals surface area contributed by atoms with Crippen LogP contribution in [0.1, 0.15) is 24.5 Å². The minimum atomic E-state index is -3.66. The van der Waals surface area contributed by atoms with Crippen LogP contribution in [0.5, 0.6) is 0 Å². The van der Waals surface area contributed by atoms with Gasteiger partial charge in [-0.2, -0.15) is 0 Å². The van der Waals surface area contributed by atoms with Crippen LogP contribution in [0.4, 0.5) is 5.69 Å². The van der Waals surface area contributed by atoms with E-state index < -0.39 is 10.0 Å². The van der Waals surface area contributed by atoms with Crippen molar-refractivity contribution >= 4 is 15.7 Å². The molecule has 4 nitrogen and oxygen atoms in total. The van der Waals surface area contributed by atoms with Gasteiger partial charge < -0.3 is 5.32 Å². The molecule has 0 unspecified atom stereocenters. The number of sulfonamides is 1. The van der Waals surface area contributed by atoms with E-state index in [-0.39, 0.29) is 4.90 Å². The van der Waals surface area contributed by atoms with Crippen molar-refractivity contribution in [2.75, 3.05) is 5.32 Å². The first kappa shape index (κ1) is 15.5. The molecule has 2 rings (SSSR count). The zero-order valence-electron chi connectivity index (χ0n) is 12.0. The van der Waals surface area contributed by atoms with Crippen LogP contribution in [0.2, 0.25) is 0 Å². The van der Waals surface area contributed by atoms with Crippen LogP contribution in [0, 0.1) is 0 Å². The van der Waals surface area contributed by atoms with Crippen molar-refractivity contribution in [3.05, 3.63) is 59.7 Å². The van der Waals surface area contributed by atoms with Gasteiger partial charge in [0.1, 0.15) is 0 Å². The van der Waals surface area contributed by atoms with Gasteiger partial charge in [-0.15, -0.1) is 0 Å². The first-order chi connectivity index (χ1) is 9.99. The summed E-state index contributed by atoms with van der Waals surface area (Å²) in [4.78, 5) is 0.116. The molecular weight excluding hydrogens is 284 g/mol. The molecule has 0 aliphatic rings. The maximum atomic E-state index is 11.3. The summed E-state index contributed by atoms with van der Waals surface area (Å²) in [5, 5.41) is 8.33. The zero-order valence-corrected chi connectivity index (χ0v) is 12.9. The largest absolute Gasteiger partial charge is 0.381 e. The topological polar surface area (TPSA) is 72.2 Å². The Morgan fingerprint density at radius 1 is 1.05 bits per heavy atom. The van der Waals surface area contributed by atoms with Crippen molar-refractivity contribution in [1.82, 2.24) is 0 Å². The Morgan fingerprint density at radius 2 is 1.71 bits per heavy atom. The van der Waals surface area contributed by atoms with Crippen molar-refractivity contribution in [3.63, 3.8) is 0 Å². The molecule has 0 aliphatic heterocycles. The predicted octanol–water partition coefficient (Wildman–Crippen LogP) is 2.90. The van der Waals surface area contributed by atoms with Gasteiger partial charge >= 0.3 is 0 Å². The third-order valence-electron chi connectivity index (χ3n) is 3.22. The maximum absolute atomic E-state index is 11.3. The van der Waals surface area contributed by atoms with Crippen molar-refractivity contribution < 1.29 is 8.42 Å². The minimum Gasteiger partial charge on any atom is -0.381 e. The Kier molecular flexibility index (Phi) is 4.98. The lowest BCUT2D eigenvalue weighted by Crippen LogP contribution is -2.12. The standard InChI is InChI=1S/C16H20N2O2S/c1-2-4-13-7-9-14(10-8-13)12-18-15-5-3-6-16(11-15)21(17,19)20/h3,5-11,18H,2,4,12H2,1H3,(H2,17,19,20). The molecule has 0 saturated carbocycles. The summed E-state index contributed by atoms with van der Waals surface area (Å²) in [6.45, 7) is 2.80. The molecule has 0 bridgehead atoms. The zero-order chi connectivity index (χ0) is 15.3. The maximum Gasteiger partial charge on any atom is 0.238 e. The van der Waals surface area contributed by atoms with Gasteiger partial charge in [-0.05, 0) is 35.7 Å². The van der Waals surface area contributed by atoms with E-state index in [0.29, 0.717) is 6.54 Å². The molecule has 5 heteroatoms. The Hall–Kier alpha value is -1.85. The SMILES string of the molecule is CCCc1ccc(CNc2cccc(S(N)(=O)=O)c2)cc1. The van der Waals surface area contributed by atoms with Gasteiger partial charge in [0.15, 0.2) is 0 Å². The molecule has 0 spiro atoms. The van der Waals surface area contributed by atoms with E-state index in [1.165, 1.54) is 11.6 Å². The van der Waals surface area contributed by atoms with Crippen LogP contribution in [0.25, 0.3) is 0 Å². The number of primary sulfonamides is 1. The molecule has 0 fully saturated rings. The molecule has 0 radical (unpaired) electrons. The molecule has 2 aromatic rings. The summed E-state index contributed by atoms with van der Waals surface area (Å²) in [5.74, 6) is 0. The third-order valence-corrected chi connectivity index (χ3v) is 4.13. The lowest BCUT2D eigenvalue weighted by Gasteiger charge is -2.08. The molecule has 2 aromatic carbocycles. The van der Waals surface area contributed by atoms with Crippen molar-refractivity contribution in [2.45, 2.75) is 31.2 Å². The molecular formula is C16H20N2O2S. The van der Waals surface area contributed by atoms with E-state index in [0.717, 1.165) is 24.1 Å². The highest BCUT2D eigenvalue weighted by Crippen LogP contribution is 2.15. The lowest BCUT2D eigenvalue weighted by atomic mass is 10.1. The van der Waals surface area contributed by atoms with E-state index in [9.17, 15) is 8.42 Å². The molecule has 0 amide bonds. The summed E-state index contributed by atoms with van der Waals surface area (Å²) in [6, 6.07) is 14.9. The smallest absolute Gasteiger partial charge is 0.238 e. The molecule has 0 saturated heterocycles. The summed E-state index contributed by atoms with van der Waals surface area (Å²) < 4.78 is 22.6. The number of aryl methyl sites for hydroxylation is 1. The summed E-state index contributed by atoms with van der Waals surface area (Å²) in [5.41, 5.74) is 3.22. The Balaban J connectivity index is 2.03. The van der Waals surface area contributed by atoms with Crippen LogP contribution in [0.15, 0.2) is 53.4 Å². The average Bonchev–Trinajstić information content (AvgIpc) is 2.46. The van der Waals surface area contributed by atoms with Gasteiger partial charge in [-0.25, -0.2) is 13.6 Å². The first-order valence-electron chi connectivity index (χ1n) is 6.93. The summed E-state index contributed by atoms with van der Waals surface area (Å²) in [6.07, 6.45) is 2.22. The van der Waals surface area contributed by atoms with Gasteiger partial charge in [0.25, 0.3) is 0 Å². The Bertz CT molecular complexity index is 694. The van der Waals surface area contributed by atoms with Crippen LogP contribution >= 0.6 is 0 Å². The highest BCUT2D eigenvalue weighted by atomic mass is 32.2. The van der Waals surface area contributed by atoms with Crippen molar-refractivity contribution in [2.24, 2.45) is 5.14 Å². The third kappa shape index (κ3) is 4.58. The van der Waals surface area contributed by atoms with E-state index in [1.54, 1.807) is 12.1 Å². The number of anilines is 1. The van der Waals surface area contributed by atoms with Crippen molar-refractivity contribution in [1.29, 1.82) is 0 Å². The molecule has 3 N–H and O–H groups in total. The Labute approximate surface area is 126 Å². The monoisotopic (exact) mass is 304 g/mol. The van der Waals surface area contributed by atoms with Crippen LogP contribution < -0.4 is 10.5 Å². The van der Waals surface area contributed by atoms with Gasteiger partial charge in [0.05, 0.1) is 4.90 Å².